The average molecular weight is 469 g/mol. The molecule has 1 heterocycles. The van der Waals surface area contributed by atoms with Crippen LogP contribution in [0.5, 0.6) is 5.75 Å². The molecular formula is C24H18Cl2N2O2S. The molecule has 0 saturated carbocycles. The third-order valence-electron chi connectivity index (χ3n) is 4.41. The van der Waals surface area contributed by atoms with Crippen molar-refractivity contribution >= 4 is 63.5 Å². The van der Waals surface area contributed by atoms with Crippen LogP contribution < -0.4 is 9.64 Å². The standard InChI is InChI=1S/C24H18Cl2N2O2S/c1-2-30-22-16(13-17(25)15-20(22)26)14-21-23(29)28(19-11-7-4-8-12-19)24(31-21)27-18-9-5-3-6-10-18/h3-15H,2H2,1H3/b21-14+,27-24?. The van der Waals surface area contributed by atoms with Gasteiger partial charge in [0, 0.05) is 10.6 Å². The first kappa shape index (κ1) is 21.5. The van der Waals surface area contributed by atoms with E-state index < -0.39 is 0 Å². The van der Waals surface area contributed by atoms with Crippen molar-refractivity contribution in [2.24, 2.45) is 4.99 Å². The number of amidine groups is 1. The zero-order valence-electron chi connectivity index (χ0n) is 16.6. The maximum Gasteiger partial charge on any atom is 0.271 e. The number of anilines is 1. The van der Waals surface area contributed by atoms with Gasteiger partial charge < -0.3 is 4.74 Å². The Balaban J connectivity index is 1.81. The third-order valence-corrected chi connectivity index (χ3v) is 5.88. The number of halogens is 2. The van der Waals surface area contributed by atoms with Crippen molar-refractivity contribution in [1.29, 1.82) is 0 Å². The molecule has 3 aromatic carbocycles. The van der Waals surface area contributed by atoms with E-state index in [9.17, 15) is 4.79 Å². The molecule has 3 aromatic rings. The minimum atomic E-state index is -0.176. The van der Waals surface area contributed by atoms with Gasteiger partial charge in [-0.05, 0) is 61.2 Å². The summed E-state index contributed by atoms with van der Waals surface area (Å²) in [6.45, 7) is 2.31. The molecule has 0 aliphatic carbocycles. The summed E-state index contributed by atoms with van der Waals surface area (Å²) in [5.74, 6) is 0.318. The zero-order valence-corrected chi connectivity index (χ0v) is 18.9. The second kappa shape index (κ2) is 9.60. The Morgan fingerprint density at radius 1 is 1.03 bits per heavy atom. The Hall–Kier alpha value is -2.73. The predicted octanol–water partition coefficient (Wildman–Crippen LogP) is 7.20. The predicted molar refractivity (Wildman–Crippen MR) is 131 cm³/mol. The minimum Gasteiger partial charge on any atom is -0.492 e. The molecule has 7 heteroatoms. The normalized spacial score (nSPS) is 16.4. The van der Waals surface area contributed by atoms with E-state index >= 15 is 0 Å². The van der Waals surface area contributed by atoms with E-state index in [0.717, 1.165) is 11.4 Å². The Morgan fingerprint density at radius 3 is 2.39 bits per heavy atom. The highest BCUT2D eigenvalue weighted by molar-refractivity contribution is 8.19. The molecule has 0 bridgehead atoms. The first-order chi connectivity index (χ1) is 15.1. The Morgan fingerprint density at radius 2 is 1.71 bits per heavy atom. The van der Waals surface area contributed by atoms with Crippen LogP contribution in [-0.2, 0) is 4.79 Å². The molecule has 4 nitrogen and oxygen atoms in total. The third kappa shape index (κ3) is 4.79. The molecule has 156 valence electrons. The highest BCUT2D eigenvalue weighted by atomic mass is 35.5. The number of thioether (sulfide) groups is 1. The molecule has 31 heavy (non-hydrogen) atoms. The maximum absolute atomic E-state index is 13.4. The molecule has 1 amide bonds. The van der Waals surface area contributed by atoms with Crippen LogP contribution in [0.25, 0.3) is 6.08 Å². The van der Waals surface area contributed by atoms with Gasteiger partial charge >= 0.3 is 0 Å². The molecule has 0 atom stereocenters. The molecule has 0 radical (unpaired) electrons. The highest BCUT2D eigenvalue weighted by Gasteiger charge is 2.35. The van der Waals surface area contributed by atoms with Crippen molar-refractivity contribution in [3.8, 4) is 5.75 Å². The fourth-order valence-corrected chi connectivity index (χ4v) is 4.65. The van der Waals surface area contributed by atoms with Crippen LogP contribution in [0.1, 0.15) is 12.5 Å². The summed E-state index contributed by atoms with van der Waals surface area (Å²) in [6.07, 6.45) is 1.75. The number of hydrogen-bond donors (Lipinski definition) is 0. The van der Waals surface area contributed by atoms with Crippen LogP contribution in [0.3, 0.4) is 0 Å². The van der Waals surface area contributed by atoms with Crippen molar-refractivity contribution in [3.63, 3.8) is 0 Å². The molecule has 1 fully saturated rings. The van der Waals surface area contributed by atoms with Gasteiger partial charge in [0.2, 0.25) is 0 Å². The largest absolute Gasteiger partial charge is 0.492 e. The fourth-order valence-electron chi connectivity index (χ4n) is 3.09. The molecular weight excluding hydrogens is 451 g/mol. The van der Waals surface area contributed by atoms with Crippen molar-refractivity contribution in [2.75, 3.05) is 11.5 Å². The van der Waals surface area contributed by atoms with Gasteiger partial charge in [0.05, 0.1) is 27.9 Å². The summed E-state index contributed by atoms with van der Waals surface area (Å²) in [4.78, 5) is 20.2. The van der Waals surface area contributed by atoms with E-state index in [1.54, 1.807) is 23.1 Å². The van der Waals surface area contributed by atoms with Gasteiger partial charge in [-0.2, -0.15) is 0 Å². The fraction of sp³-hybridized carbons (Fsp3) is 0.0833. The lowest BCUT2D eigenvalue weighted by atomic mass is 10.1. The van der Waals surface area contributed by atoms with Crippen molar-refractivity contribution in [2.45, 2.75) is 6.92 Å². The number of nitrogens with zero attached hydrogens (tertiary/aromatic N) is 2. The number of carbonyl (C=O) groups is 1. The van der Waals surface area contributed by atoms with Gasteiger partial charge in [-0.25, -0.2) is 4.99 Å². The van der Waals surface area contributed by atoms with Gasteiger partial charge in [0.15, 0.2) is 5.17 Å². The second-order valence-corrected chi connectivity index (χ2v) is 8.41. The number of aliphatic imine (C=N–C) groups is 1. The second-order valence-electron chi connectivity index (χ2n) is 6.56. The van der Waals surface area contributed by atoms with Crippen LogP contribution in [0.4, 0.5) is 11.4 Å². The van der Waals surface area contributed by atoms with Gasteiger partial charge in [-0.15, -0.1) is 0 Å². The van der Waals surface area contributed by atoms with Gasteiger partial charge in [-0.1, -0.05) is 59.6 Å². The lowest BCUT2D eigenvalue weighted by Gasteiger charge is -2.15. The van der Waals surface area contributed by atoms with E-state index in [2.05, 4.69) is 0 Å². The number of benzene rings is 3. The maximum atomic E-state index is 13.4. The monoisotopic (exact) mass is 468 g/mol. The molecule has 1 aliphatic rings. The van der Waals surface area contributed by atoms with E-state index in [1.165, 1.54) is 11.8 Å². The van der Waals surface area contributed by atoms with Crippen LogP contribution in [-0.4, -0.2) is 17.7 Å². The summed E-state index contributed by atoms with van der Waals surface area (Å²) in [5, 5.41) is 1.43. The Labute approximate surface area is 195 Å². The van der Waals surface area contributed by atoms with Gasteiger partial charge in [0.1, 0.15) is 5.75 Å². The topological polar surface area (TPSA) is 41.9 Å². The van der Waals surface area contributed by atoms with Crippen LogP contribution in [0.15, 0.2) is 82.7 Å². The molecule has 0 spiro atoms. The van der Waals surface area contributed by atoms with Crippen molar-refractivity contribution in [3.05, 3.63) is 93.3 Å². The number of ether oxygens (including phenoxy) is 1. The summed E-state index contributed by atoms with van der Waals surface area (Å²) < 4.78 is 5.70. The van der Waals surface area contributed by atoms with Crippen LogP contribution >= 0.6 is 35.0 Å². The van der Waals surface area contributed by atoms with Crippen LogP contribution in [0.2, 0.25) is 10.0 Å². The van der Waals surface area contributed by atoms with E-state index in [4.69, 9.17) is 32.9 Å². The zero-order chi connectivity index (χ0) is 21.8. The van der Waals surface area contributed by atoms with Crippen LogP contribution in [0, 0.1) is 0 Å². The van der Waals surface area contributed by atoms with Gasteiger partial charge in [-0.3, -0.25) is 9.69 Å². The number of amides is 1. The first-order valence-corrected chi connectivity index (χ1v) is 11.2. The quantitative estimate of drug-likeness (QED) is 0.371. The summed E-state index contributed by atoms with van der Waals surface area (Å²) in [5.41, 5.74) is 2.15. The molecule has 0 unspecified atom stereocenters. The Kier molecular flexibility index (Phi) is 6.66. The molecule has 0 aromatic heterocycles. The van der Waals surface area contributed by atoms with Gasteiger partial charge in [0.25, 0.3) is 5.91 Å². The van der Waals surface area contributed by atoms with Crippen molar-refractivity contribution in [1.82, 2.24) is 0 Å². The lowest BCUT2D eigenvalue weighted by Crippen LogP contribution is -2.28. The summed E-state index contributed by atoms with van der Waals surface area (Å²) >= 11 is 13.8. The molecule has 0 N–H and O–H groups in total. The highest BCUT2D eigenvalue weighted by Crippen LogP contribution is 2.40. The number of rotatable bonds is 5. The first-order valence-electron chi connectivity index (χ1n) is 9.61. The smallest absolute Gasteiger partial charge is 0.271 e. The summed E-state index contributed by atoms with van der Waals surface area (Å²) in [7, 11) is 0. The SMILES string of the molecule is CCOc1c(Cl)cc(Cl)cc1/C=C1/SC(=Nc2ccccc2)N(c2ccccc2)C1=O. The van der Waals surface area contributed by atoms with E-state index in [-0.39, 0.29) is 5.91 Å². The summed E-state index contributed by atoms with van der Waals surface area (Å²) in [6, 6.07) is 22.3. The molecule has 1 saturated heterocycles. The van der Waals surface area contributed by atoms with E-state index in [0.29, 0.717) is 38.0 Å². The lowest BCUT2D eigenvalue weighted by molar-refractivity contribution is -0.113. The molecule has 4 rings (SSSR count). The van der Waals surface area contributed by atoms with Crippen molar-refractivity contribution < 1.29 is 9.53 Å². The number of hydrogen-bond acceptors (Lipinski definition) is 4. The number of carbonyl (C=O) groups excluding carboxylic acids is 1. The average Bonchev–Trinajstić information content (AvgIpc) is 3.06. The van der Waals surface area contributed by atoms with E-state index in [1.807, 2.05) is 67.6 Å². The Bertz CT molecular complexity index is 1160. The molecule has 1 aliphatic heterocycles. The minimum absolute atomic E-state index is 0.176. The number of para-hydroxylation sites is 2.